The molecule has 0 aromatic rings. The van der Waals surface area contributed by atoms with Gasteiger partial charge in [0, 0.05) is 12.6 Å². The number of rotatable bonds is 10. The van der Waals surface area contributed by atoms with E-state index in [2.05, 4.69) is 16.0 Å². The first-order chi connectivity index (χ1) is 10.2. The fraction of sp³-hybridized carbons (Fsp3) is 0.786. The zero-order valence-electron chi connectivity index (χ0n) is 13.8. The predicted octanol–water partition coefficient (Wildman–Crippen LogP) is -1.90. The molecule has 0 bridgehead atoms. The van der Waals surface area contributed by atoms with Crippen LogP contribution in [0.4, 0.5) is 0 Å². The van der Waals surface area contributed by atoms with Gasteiger partial charge in [-0.2, -0.15) is 0 Å². The molecule has 0 aliphatic heterocycles. The van der Waals surface area contributed by atoms with Crippen LogP contribution >= 0.6 is 0 Å². The van der Waals surface area contributed by atoms with Crippen LogP contribution in [-0.2, 0) is 14.4 Å². The van der Waals surface area contributed by atoms with Crippen LogP contribution in [0.5, 0.6) is 0 Å². The maximum absolute atomic E-state index is 12.3. The molecule has 0 radical (unpaired) electrons. The largest absolute Gasteiger partial charge is 0.347 e. The van der Waals surface area contributed by atoms with Crippen LogP contribution in [-0.4, -0.2) is 55.9 Å². The maximum atomic E-state index is 12.3. The molecule has 0 heterocycles. The average molecular weight is 315 g/mol. The summed E-state index contributed by atoms with van der Waals surface area (Å²) in [7, 11) is 1.68. The smallest absolute Gasteiger partial charge is 0.244 e. The Morgan fingerprint density at radius 1 is 1.14 bits per heavy atom. The topological polar surface area (TPSA) is 139 Å². The molecule has 128 valence electrons. The van der Waals surface area contributed by atoms with Crippen LogP contribution in [0.3, 0.4) is 0 Å². The molecule has 2 amide bonds. The summed E-state index contributed by atoms with van der Waals surface area (Å²) < 4.78 is 0. The van der Waals surface area contributed by atoms with Gasteiger partial charge in [0.2, 0.25) is 11.8 Å². The van der Waals surface area contributed by atoms with Gasteiger partial charge in [0.15, 0.2) is 0 Å². The first-order valence-electron chi connectivity index (χ1n) is 7.43. The Morgan fingerprint density at radius 2 is 1.73 bits per heavy atom. The third kappa shape index (κ3) is 7.48. The molecule has 0 aromatic carbocycles. The Labute approximate surface area is 131 Å². The normalized spacial score (nSPS) is 16.3. The Balaban J connectivity index is 4.67. The van der Waals surface area contributed by atoms with Gasteiger partial charge in [0.25, 0.3) is 0 Å². The van der Waals surface area contributed by atoms with Crippen molar-refractivity contribution in [1.82, 2.24) is 16.0 Å². The monoisotopic (exact) mass is 315 g/mol. The lowest BCUT2D eigenvalue weighted by atomic mass is 9.94. The van der Waals surface area contributed by atoms with Crippen molar-refractivity contribution in [3.05, 3.63) is 0 Å². The molecule has 0 saturated heterocycles. The SMILES string of the molecule is CN[C@H](C(=O)N[C@H](CN)C(=O)NCC(C)=O)C(C)CC(C)N. The van der Waals surface area contributed by atoms with E-state index in [4.69, 9.17) is 11.5 Å². The van der Waals surface area contributed by atoms with E-state index in [1.807, 2.05) is 13.8 Å². The van der Waals surface area contributed by atoms with Crippen molar-refractivity contribution in [2.45, 2.75) is 45.3 Å². The minimum atomic E-state index is -0.870. The minimum Gasteiger partial charge on any atom is -0.347 e. The van der Waals surface area contributed by atoms with Crippen molar-refractivity contribution in [2.24, 2.45) is 17.4 Å². The van der Waals surface area contributed by atoms with Gasteiger partial charge in [-0.1, -0.05) is 6.92 Å². The summed E-state index contributed by atoms with van der Waals surface area (Å²) in [6.07, 6.45) is 0.669. The number of amides is 2. The van der Waals surface area contributed by atoms with Crippen LogP contribution < -0.4 is 27.4 Å². The summed E-state index contributed by atoms with van der Waals surface area (Å²) in [5.41, 5.74) is 11.3. The van der Waals surface area contributed by atoms with Crippen molar-refractivity contribution in [2.75, 3.05) is 20.1 Å². The summed E-state index contributed by atoms with van der Waals surface area (Å²) in [4.78, 5) is 35.0. The van der Waals surface area contributed by atoms with E-state index in [0.29, 0.717) is 6.42 Å². The second-order valence-corrected chi connectivity index (χ2v) is 5.67. The number of carbonyl (C=O) groups is 3. The van der Waals surface area contributed by atoms with Gasteiger partial charge >= 0.3 is 0 Å². The van der Waals surface area contributed by atoms with Gasteiger partial charge < -0.3 is 27.4 Å². The van der Waals surface area contributed by atoms with Crippen molar-refractivity contribution in [3.63, 3.8) is 0 Å². The standard InChI is InChI=1S/C14H29N5O3/c1-8(5-9(2)16)12(17-4)14(22)19-11(6-15)13(21)18-7-10(3)20/h8-9,11-12,17H,5-7,15-16H2,1-4H3,(H,18,21)(H,19,22)/t8?,9?,11-,12+/m1/s1. The number of ketones is 1. The molecule has 4 atom stereocenters. The summed E-state index contributed by atoms with van der Waals surface area (Å²) >= 11 is 0. The zero-order valence-corrected chi connectivity index (χ0v) is 13.8. The minimum absolute atomic E-state index is 0.00343. The molecule has 0 aliphatic rings. The first-order valence-corrected chi connectivity index (χ1v) is 7.43. The van der Waals surface area contributed by atoms with Crippen molar-refractivity contribution in [1.29, 1.82) is 0 Å². The van der Waals surface area contributed by atoms with Crippen LogP contribution in [0, 0.1) is 5.92 Å². The van der Waals surface area contributed by atoms with E-state index in [0.717, 1.165) is 0 Å². The maximum Gasteiger partial charge on any atom is 0.244 e. The molecule has 2 unspecified atom stereocenters. The average Bonchev–Trinajstić information content (AvgIpc) is 2.41. The molecular weight excluding hydrogens is 286 g/mol. The summed E-state index contributed by atoms with van der Waals surface area (Å²) in [6.45, 7) is 5.02. The fourth-order valence-electron chi connectivity index (χ4n) is 2.22. The Hall–Kier alpha value is -1.51. The first kappa shape index (κ1) is 20.5. The highest BCUT2D eigenvalue weighted by Crippen LogP contribution is 2.10. The van der Waals surface area contributed by atoms with E-state index in [9.17, 15) is 14.4 Å². The Morgan fingerprint density at radius 3 is 2.14 bits per heavy atom. The van der Waals surface area contributed by atoms with Crippen molar-refractivity contribution < 1.29 is 14.4 Å². The van der Waals surface area contributed by atoms with Crippen LogP contribution in [0.2, 0.25) is 0 Å². The lowest BCUT2D eigenvalue weighted by molar-refractivity contribution is -0.131. The third-order valence-corrected chi connectivity index (χ3v) is 3.29. The second kappa shape index (κ2) is 10.3. The molecule has 0 aliphatic carbocycles. The molecule has 0 fully saturated rings. The van der Waals surface area contributed by atoms with E-state index >= 15 is 0 Å². The van der Waals surface area contributed by atoms with Crippen molar-refractivity contribution in [3.8, 4) is 0 Å². The van der Waals surface area contributed by atoms with Gasteiger partial charge in [-0.25, -0.2) is 0 Å². The quantitative estimate of drug-likeness (QED) is 0.319. The molecule has 0 spiro atoms. The Kier molecular flexibility index (Phi) is 9.55. The highest BCUT2D eigenvalue weighted by atomic mass is 16.2. The van der Waals surface area contributed by atoms with Crippen LogP contribution in [0.25, 0.3) is 0 Å². The summed E-state index contributed by atoms with van der Waals surface area (Å²) in [6, 6.07) is -1.37. The molecule has 0 aromatic heterocycles. The predicted molar refractivity (Wildman–Crippen MR) is 85.0 cm³/mol. The fourth-order valence-corrected chi connectivity index (χ4v) is 2.22. The van der Waals surface area contributed by atoms with E-state index in [1.54, 1.807) is 7.05 Å². The highest BCUT2D eigenvalue weighted by molar-refractivity contribution is 5.92. The lowest BCUT2D eigenvalue weighted by Gasteiger charge is -2.26. The number of hydrogen-bond donors (Lipinski definition) is 5. The van der Waals surface area contributed by atoms with Crippen LogP contribution in [0.1, 0.15) is 27.2 Å². The summed E-state index contributed by atoms with van der Waals surface area (Å²) in [5, 5.41) is 7.97. The third-order valence-electron chi connectivity index (χ3n) is 3.29. The molecule has 8 nitrogen and oxygen atoms in total. The van der Waals surface area contributed by atoms with Crippen molar-refractivity contribution >= 4 is 17.6 Å². The molecule has 22 heavy (non-hydrogen) atoms. The number of Topliss-reactive ketones (excluding diaryl/α,β-unsaturated/α-hetero) is 1. The summed E-state index contributed by atoms with van der Waals surface area (Å²) in [5.74, 6) is -0.956. The number of likely N-dealkylation sites (N-methyl/N-ethyl adjacent to an activating group) is 1. The van der Waals surface area contributed by atoms with Gasteiger partial charge in [-0.15, -0.1) is 0 Å². The molecule has 8 heteroatoms. The molecule has 0 rings (SSSR count). The lowest BCUT2D eigenvalue weighted by Crippen LogP contribution is -2.57. The van der Waals surface area contributed by atoms with Gasteiger partial charge in [-0.05, 0) is 33.2 Å². The van der Waals surface area contributed by atoms with Gasteiger partial charge in [0.05, 0.1) is 12.6 Å². The zero-order chi connectivity index (χ0) is 17.3. The van der Waals surface area contributed by atoms with Gasteiger partial charge in [0.1, 0.15) is 11.8 Å². The molecule has 0 saturated carbocycles. The van der Waals surface area contributed by atoms with Crippen LogP contribution in [0.15, 0.2) is 0 Å². The number of nitrogens with one attached hydrogen (secondary N) is 3. The van der Waals surface area contributed by atoms with E-state index in [1.165, 1.54) is 6.92 Å². The van der Waals surface area contributed by atoms with E-state index < -0.39 is 18.0 Å². The second-order valence-electron chi connectivity index (χ2n) is 5.67. The molecule has 7 N–H and O–H groups in total. The number of carbonyl (C=O) groups excluding carboxylic acids is 3. The molecular formula is C14H29N5O3. The number of nitrogens with two attached hydrogens (primary N) is 2. The van der Waals surface area contributed by atoms with E-state index in [-0.39, 0.29) is 36.7 Å². The number of hydrogen-bond acceptors (Lipinski definition) is 6. The van der Waals surface area contributed by atoms with Gasteiger partial charge in [-0.3, -0.25) is 14.4 Å². The Bertz CT molecular complexity index is 387. The highest BCUT2D eigenvalue weighted by Gasteiger charge is 2.27.